The normalized spacial score (nSPS) is 10.4. The van der Waals surface area contributed by atoms with Gasteiger partial charge in [0.1, 0.15) is 5.82 Å². The third-order valence-electron chi connectivity index (χ3n) is 3.80. The van der Waals surface area contributed by atoms with Crippen molar-refractivity contribution >= 4 is 17.5 Å². The van der Waals surface area contributed by atoms with Gasteiger partial charge in [-0.25, -0.2) is 14.4 Å². The first-order valence-electron chi connectivity index (χ1n) is 8.28. The second-order valence-electron chi connectivity index (χ2n) is 5.92. The third kappa shape index (κ3) is 4.86. The van der Waals surface area contributed by atoms with Gasteiger partial charge in [-0.3, -0.25) is 4.79 Å². The summed E-state index contributed by atoms with van der Waals surface area (Å²) in [6.07, 6.45) is 3.69. The Morgan fingerprint density at radius 1 is 1.08 bits per heavy atom. The fourth-order valence-corrected chi connectivity index (χ4v) is 2.43. The Balaban J connectivity index is 1.52. The number of nitrogens with one attached hydrogen (secondary N) is 2. The van der Waals surface area contributed by atoms with Crippen LogP contribution in [0.1, 0.15) is 21.5 Å². The second-order valence-corrected chi connectivity index (χ2v) is 5.92. The van der Waals surface area contributed by atoms with Crippen molar-refractivity contribution in [3.8, 4) is 0 Å². The largest absolute Gasteiger partial charge is 0.354 e. The van der Waals surface area contributed by atoms with Gasteiger partial charge < -0.3 is 10.6 Å². The molecule has 0 unspecified atom stereocenters. The lowest BCUT2D eigenvalue weighted by Crippen LogP contribution is -2.14. The van der Waals surface area contributed by atoms with E-state index in [0.29, 0.717) is 18.1 Å². The van der Waals surface area contributed by atoms with E-state index in [1.54, 1.807) is 12.1 Å². The topological polar surface area (TPSA) is 66.9 Å². The molecule has 0 atom stereocenters. The van der Waals surface area contributed by atoms with Crippen LogP contribution >= 0.6 is 0 Å². The van der Waals surface area contributed by atoms with E-state index in [2.05, 4.69) is 20.6 Å². The third-order valence-corrected chi connectivity index (χ3v) is 3.80. The minimum absolute atomic E-state index is 0.246. The molecule has 6 heteroatoms. The zero-order chi connectivity index (χ0) is 18.4. The number of carbonyl (C=O) groups excluding carboxylic acids is 1. The Kier molecular flexibility index (Phi) is 5.53. The molecule has 2 N–H and O–H groups in total. The summed E-state index contributed by atoms with van der Waals surface area (Å²) in [4.78, 5) is 20.5. The lowest BCUT2D eigenvalue weighted by molar-refractivity contribution is 0.102. The Hall–Kier alpha value is -3.28. The Labute approximate surface area is 151 Å². The fraction of sp³-hybridized carbons (Fsp3) is 0.150. The van der Waals surface area contributed by atoms with Crippen molar-refractivity contribution in [1.29, 1.82) is 0 Å². The van der Waals surface area contributed by atoms with Crippen LogP contribution in [0.25, 0.3) is 0 Å². The maximum atomic E-state index is 12.9. The number of carbonyl (C=O) groups is 1. The zero-order valence-corrected chi connectivity index (χ0v) is 14.4. The summed E-state index contributed by atoms with van der Waals surface area (Å²) in [5.74, 6) is -0.0581. The molecule has 5 nitrogen and oxygen atoms in total. The number of rotatable bonds is 6. The Bertz CT molecular complexity index is 879. The number of halogens is 1. The molecule has 132 valence electrons. The minimum Gasteiger partial charge on any atom is -0.354 e. The molecule has 0 bridgehead atoms. The van der Waals surface area contributed by atoms with Gasteiger partial charge in [-0.05, 0) is 48.7 Å². The van der Waals surface area contributed by atoms with E-state index in [0.717, 1.165) is 23.2 Å². The van der Waals surface area contributed by atoms with Crippen molar-refractivity contribution in [3.63, 3.8) is 0 Å². The van der Waals surface area contributed by atoms with Crippen LogP contribution in [-0.2, 0) is 6.42 Å². The molecular weight excluding hydrogens is 331 g/mol. The summed E-state index contributed by atoms with van der Waals surface area (Å²) >= 11 is 0. The van der Waals surface area contributed by atoms with Gasteiger partial charge in [0.25, 0.3) is 5.91 Å². The molecule has 0 saturated heterocycles. The highest BCUT2D eigenvalue weighted by Crippen LogP contribution is 2.11. The summed E-state index contributed by atoms with van der Waals surface area (Å²) in [5, 5.41) is 5.90. The highest BCUT2D eigenvalue weighted by Gasteiger charge is 2.08. The first kappa shape index (κ1) is 17.5. The smallest absolute Gasteiger partial charge is 0.258 e. The van der Waals surface area contributed by atoms with Gasteiger partial charge in [-0.2, -0.15) is 0 Å². The lowest BCUT2D eigenvalue weighted by atomic mass is 10.1. The summed E-state index contributed by atoms with van der Waals surface area (Å²) in [6, 6.07) is 13.9. The van der Waals surface area contributed by atoms with Crippen molar-refractivity contribution in [1.82, 2.24) is 9.97 Å². The Morgan fingerprint density at radius 3 is 2.50 bits per heavy atom. The molecule has 3 aromatic rings. The number of nitrogens with zero attached hydrogens (tertiary/aromatic N) is 2. The average Bonchev–Trinajstić information content (AvgIpc) is 2.64. The fourth-order valence-electron chi connectivity index (χ4n) is 2.43. The predicted molar refractivity (Wildman–Crippen MR) is 99.8 cm³/mol. The molecule has 2 aromatic carbocycles. The van der Waals surface area contributed by atoms with Crippen LogP contribution in [-0.4, -0.2) is 22.4 Å². The first-order valence-corrected chi connectivity index (χ1v) is 8.28. The molecule has 0 aliphatic rings. The number of amides is 1. The van der Waals surface area contributed by atoms with Crippen LogP contribution in [0.2, 0.25) is 0 Å². The van der Waals surface area contributed by atoms with E-state index >= 15 is 0 Å². The molecule has 26 heavy (non-hydrogen) atoms. The van der Waals surface area contributed by atoms with Crippen LogP contribution in [0.3, 0.4) is 0 Å². The van der Waals surface area contributed by atoms with Gasteiger partial charge in [0, 0.05) is 24.6 Å². The molecule has 0 spiro atoms. The van der Waals surface area contributed by atoms with Crippen LogP contribution in [0, 0.1) is 12.7 Å². The number of benzene rings is 2. The maximum absolute atomic E-state index is 12.9. The van der Waals surface area contributed by atoms with Gasteiger partial charge in [0.2, 0.25) is 5.95 Å². The Morgan fingerprint density at radius 2 is 1.81 bits per heavy atom. The number of aryl methyl sites for hydroxylation is 1. The molecule has 0 fully saturated rings. The molecule has 1 amide bonds. The highest BCUT2D eigenvalue weighted by molar-refractivity contribution is 6.03. The minimum atomic E-state index is -0.256. The lowest BCUT2D eigenvalue weighted by Gasteiger charge is -2.07. The molecule has 3 rings (SSSR count). The van der Waals surface area contributed by atoms with Crippen molar-refractivity contribution in [2.24, 2.45) is 0 Å². The van der Waals surface area contributed by atoms with Crippen LogP contribution in [0.15, 0.2) is 60.9 Å². The van der Waals surface area contributed by atoms with Gasteiger partial charge >= 0.3 is 0 Å². The van der Waals surface area contributed by atoms with Crippen molar-refractivity contribution in [3.05, 3.63) is 83.4 Å². The molecule has 0 saturated carbocycles. The van der Waals surface area contributed by atoms with Gasteiger partial charge in [-0.1, -0.05) is 24.3 Å². The predicted octanol–water partition coefficient (Wildman–Crippen LogP) is 3.83. The van der Waals surface area contributed by atoms with E-state index < -0.39 is 0 Å². The van der Waals surface area contributed by atoms with Crippen LogP contribution in [0.4, 0.5) is 16.0 Å². The van der Waals surface area contributed by atoms with E-state index in [-0.39, 0.29) is 11.7 Å². The molecule has 1 aromatic heterocycles. The number of aromatic nitrogens is 2. The zero-order valence-electron chi connectivity index (χ0n) is 14.4. The molecular formula is C20H19FN4O. The van der Waals surface area contributed by atoms with E-state index in [4.69, 9.17) is 0 Å². The summed E-state index contributed by atoms with van der Waals surface area (Å²) in [6.45, 7) is 2.58. The summed E-state index contributed by atoms with van der Waals surface area (Å²) in [7, 11) is 0. The van der Waals surface area contributed by atoms with E-state index in [1.165, 1.54) is 24.5 Å². The van der Waals surface area contributed by atoms with Gasteiger partial charge in [0.05, 0.1) is 5.56 Å². The van der Waals surface area contributed by atoms with Crippen molar-refractivity contribution < 1.29 is 9.18 Å². The summed E-state index contributed by atoms with van der Waals surface area (Å²) in [5.41, 5.74) is 3.21. The maximum Gasteiger partial charge on any atom is 0.258 e. The molecule has 1 heterocycles. The first-order chi connectivity index (χ1) is 12.6. The number of hydrogen-bond donors (Lipinski definition) is 2. The van der Waals surface area contributed by atoms with Crippen LogP contribution in [0.5, 0.6) is 0 Å². The molecule has 0 radical (unpaired) electrons. The van der Waals surface area contributed by atoms with Crippen molar-refractivity contribution in [2.45, 2.75) is 13.3 Å². The average molecular weight is 350 g/mol. The summed E-state index contributed by atoms with van der Waals surface area (Å²) < 4.78 is 12.9. The second kappa shape index (κ2) is 8.20. The SMILES string of the molecule is Cc1cccc(NC(=O)c2cnc(NCCc3ccc(F)cc3)nc2)c1. The molecule has 0 aliphatic carbocycles. The van der Waals surface area contributed by atoms with E-state index in [9.17, 15) is 9.18 Å². The number of anilines is 2. The van der Waals surface area contributed by atoms with E-state index in [1.807, 2.05) is 31.2 Å². The van der Waals surface area contributed by atoms with Gasteiger partial charge in [-0.15, -0.1) is 0 Å². The molecule has 0 aliphatic heterocycles. The monoisotopic (exact) mass is 350 g/mol. The highest BCUT2D eigenvalue weighted by atomic mass is 19.1. The van der Waals surface area contributed by atoms with Crippen LogP contribution < -0.4 is 10.6 Å². The standard InChI is InChI=1S/C20H19FN4O/c1-14-3-2-4-18(11-14)25-19(26)16-12-23-20(24-13-16)22-10-9-15-5-7-17(21)8-6-15/h2-8,11-13H,9-10H2,1H3,(H,25,26)(H,22,23,24). The van der Waals surface area contributed by atoms with Crippen molar-refractivity contribution in [2.75, 3.05) is 17.2 Å². The quantitative estimate of drug-likeness (QED) is 0.709. The van der Waals surface area contributed by atoms with Gasteiger partial charge in [0.15, 0.2) is 0 Å². The number of hydrogen-bond acceptors (Lipinski definition) is 4.